The van der Waals surface area contributed by atoms with Gasteiger partial charge in [-0.2, -0.15) is 0 Å². The summed E-state index contributed by atoms with van der Waals surface area (Å²) in [6, 6.07) is 6.12. The number of aliphatic imine (C=N–C) groups is 1. The number of rotatable bonds is 14. The van der Waals surface area contributed by atoms with Gasteiger partial charge in [0.2, 0.25) is 0 Å². The van der Waals surface area contributed by atoms with Crippen molar-refractivity contribution in [1.29, 1.82) is 0 Å². The van der Waals surface area contributed by atoms with Gasteiger partial charge in [0.15, 0.2) is 17.5 Å². The highest BCUT2D eigenvalue weighted by atomic mass is 127. The molecule has 0 saturated carbocycles. The molecular weight excluding hydrogens is 485 g/mol. The van der Waals surface area contributed by atoms with E-state index in [1.54, 1.807) is 7.11 Å². The molecule has 0 aliphatic rings. The Kier molecular flexibility index (Phi) is 16.8. The molecule has 0 radical (unpaired) electrons. The fraction of sp³-hybridized carbons (Fsp3) is 0.667. The Morgan fingerprint density at radius 1 is 1.03 bits per heavy atom. The minimum Gasteiger partial charge on any atom is -0.490 e. The third-order valence-electron chi connectivity index (χ3n) is 3.91. The van der Waals surface area contributed by atoms with E-state index in [4.69, 9.17) is 18.9 Å². The number of halogens is 1. The second kappa shape index (κ2) is 17.6. The molecular formula is C21H38IN3O4. The van der Waals surface area contributed by atoms with Crippen LogP contribution in [0.4, 0.5) is 0 Å². The molecule has 1 aromatic rings. The Morgan fingerprint density at radius 3 is 2.41 bits per heavy atom. The van der Waals surface area contributed by atoms with E-state index in [0.717, 1.165) is 36.0 Å². The number of nitrogens with one attached hydrogen (secondary N) is 2. The first-order valence-electron chi connectivity index (χ1n) is 10.2. The summed E-state index contributed by atoms with van der Waals surface area (Å²) in [6.45, 7) is 12.7. The van der Waals surface area contributed by atoms with Crippen molar-refractivity contribution in [2.75, 3.05) is 53.2 Å². The molecule has 0 fully saturated rings. The number of benzene rings is 1. The van der Waals surface area contributed by atoms with Crippen LogP contribution in [0.1, 0.15) is 45.7 Å². The highest BCUT2D eigenvalue weighted by molar-refractivity contribution is 14.0. The number of guanidine groups is 1. The molecule has 1 rings (SSSR count). The van der Waals surface area contributed by atoms with Crippen molar-refractivity contribution in [2.24, 2.45) is 4.99 Å². The van der Waals surface area contributed by atoms with Crippen molar-refractivity contribution in [1.82, 2.24) is 10.6 Å². The smallest absolute Gasteiger partial charge is 0.191 e. The van der Waals surface area contributed by atoms with Crippen molar-refractivity contribution < 1.29 is 18.9 Å². The maximum atomic E-state index is 5.73. The van der Waals surface area contributed by atoms with Gasteiger partial charge in [0, 0.05) is 26.8 Å². The van der Waals surface area contributed by atoms with E-state index in [9.17, 15) is 0 Å². The summed E-state index contributed by atoms with van der Waals surface area (Å²) in [5.74, 6) is 2.33. The first-order valence-corrected chi connectivity index (χ1v) is 10.2. The normalized spacial score (nSPS) is 12.1. The molecule has 29 heavy (non-hydrogen) atoms. The molecule has 2 N–H and O–H groups in total. The van der Waals surface area contributed by atoms with Gasteiger partial charge in [-0.1, -0.05) is 6.07 Å². The zero-order valence-electron chi connectivity index (χ0n) is 18.5. The fourth-order valence-electron chi connectivity index (χ4n) is 2.55. The van der Waals surface area contributed by atoms with Gasteiger partial charge in [-0.25, -0.2) is 0 Å². The molecule has 8 heteroatoms. The SMILES string of the molecule is CCNC(=NCCCOCCOC)NC(C)c1ccc(OCC)c(OCC)c1.I. The molecule has 1 unspecified atom stereocenters. The van der Waals surface area contributed by atoms with Crippen molar-refractivity contribution in [2.45, 2.75) is 40.2 Å². The topological polar surface area (TPSA) is 73.3 Å². The van der Waals surface area contributed by atoms with Crippen molar-refractivity contribution >= 4 is 29.9 Å². The minimum absolute atomic E-state index is 0. The van der Waals surface area contributed by atoms with Gasteiger partial charge in [-0.15, -0.1) is 24.0 Å². The number of hydrogen-bond donors (Lipinski definition) is 2. The molecule has 0 aromatic heterocycles. The maximum absolute atomic E-state index is 5.73. The average molecular weight is 523 g/mol. The van der Waals surface area contributed by atoms with E-state index < -0.39 is 0 Å². The summed E-state index contributed by atoms with van der Waals surface area (Å²) in [6.07, 6.45) is 0.867. The van der Waals surface area contributed by atoms with Gasteiger partial charge < -0.3 is 29.6 Å². The van der Waals surface area contributed by atoms with Gasteiger partial charge in [-0.3, -0.25) is 4.99 Å². The van der Waals surface area contributed by atoms with Crippen LogP contribution in [-0.2, 0) is 9.47 Å². The van der Waals surface area contributed by atoms with E-state index in [-0.39, 0.29) is 30.0 Å². The van der Waals surface area contributed by atoms with Gasteiger partial charge in [-0.05, 0) is 51.8 Å². The molecule has 0 bridgehead atoms. The molecule has 7 nitrogen and oxygen atoms in total. The van der Waals surface area contributed by atoms with Crippen LogP contribution in [0.3, 0.4) is 0 Å². The Bertz CT molecular complexity index is 573. The van der Waals surface area contributed by atoms with E-state index in [0.29, 0.717) is 39.6 Å². The van der Waals surface area contributed by atoms with E-state index in [2.05, 4.69) is 35.5 Å². The predicted octanol–water partition coefficient (Wildman–Crippen LogP) is 3.77. The zero-order chi connectivity index (χ0) is 20.6. The molecule has 0 saturated heterocycles. The van der Waals surface area contributed by atoms with Gasteiger partial charge in [0.1, 0.15) is 0 Å². The van der Waals surface area contributed by atoms with Gasteiger partial charge >= 0.3 is 0 Å². The van der Waals surface area contributed by atoms with Crippen LogP contribution < -0.4 is 20.1 Å². The number of methoxy groups -OCH3 is 1. The largest absolute Gasteiger partial charge is 0.490 e. The van der Waals surface area contributed by atoms with Crippen LogP contribution in [0, 0.1) is 0 Å². The average Bonchev–Trinajstić information content (AvgIpc) is 2.69. The first kappa shape index (κ1) is 27.7. The fourth-order valence-corrected chi connectivity index (χ4v) is 2.55. The van der Waals surface area contributed by atoms with Crippen LogP contribution >= 0.6 is 24.0 Å². The lowest BCUT2D eigenvalue weighted by Crippen LogP contribution is -2.38. The Hall–Kier alpha value is -1.26. The van der Waals surface area contributed by atoms with Crippen molar-refractivity contribution in [3.63, 3.8) is 0 Å². The monoisotopic (exact) mass is 523 g/mol. The molecule has 0 amide bonds. The molecule has 0 aliphatic carbocycles. The van der Waals surface area contributed by atoms with Gasteiger partial charge in [0.05, 0.1) is 32.5 Å². The molecule has 1 atom stereocenters. The quantitative estimate of drug-likeness (QED) is 0.168. The molecule has 1 aromatic carbocycles. The molecule has 0 spiro atoms. The summed E-state index contributed by atoms with van der Waals surface area (Å²) in [7, 11) is 1.67. The summed E-state index contributed by atoms with van der Waals surface area (Å²) in [4.78, 5) is 4.63. The Balaban J connectivity index is 0.00000784. The number of ether oxygens (including phenoxy) is 4. The molecule has 0 aliphatic heterocycles. The highest BCUT2D eigenvalue weighted by Gasteiger charge is 2.12. The summed E-state index contributed by atoms with van der Waals surface area (Å²) in [5.41, 5.74) is 1.11. The molecule has 0 heterocycles. The zero-order valence-corrected chi connectivity index (χ0v) is 20.8. The lowest BCUT2D eigenvalue weighted by molar-refractivity contribution is 0.0702. The maximum Gasteiger partial charge on any atom is 0.191 e. The number of nitrogens with zero attached hydrogens (tertiary/aromatic N) is 1. The Labute approximate surface area is 192 Å². The summed E-state index contributed by atoms with van der Waals surface area (Å²) >= 11 is 0. The summed E-state index contributed by atoms with van der Waals surface area (Å²) in [5, 5.41) is 6.74. The second-order valence-corrected chi connectivity index (χ2v) is 6.16. The lowest BCUT2D eigenvalue weighted by atomic mass is 10.1. The standard InChI is InChI=1S/C21H37N3O4.HI/c1-6-22-21(23-12-9-13-26-15-14-25-5)24-17(4)18-10-11-19(27-7-2)20(16-18)28-8-3;/h10-11,16-17H,6-9,12-15H2,1-5H3,(H2,22,23,24);1H. The minimum atomic E-state index is 0. The van der Waals surface area contributed by atoms with Crippen LogP contribution in [-0.4, -0.2) is 59.2 Å². The summed E-state index contributed by atoms with van der Waals surface area (Å²) < 4.78 is 21.8. The third kappa shape index (κ3) is 11.5. The van der Waals surface area contributed by atoms with Crippen LogP contribution in [0.25, 0.3) is 0 Å². The second-order valence-electron chi connectivity index (χ2n) is 6.16. The highest BCUT2D eigenvalue weighted by Crippen LogP contribution is 2.30. The van der Waals surface area contributed by atoms with E-state index in [1.807, 2.05) is 26.0 Å². The van der Waals surface area contributed by atoms with Crippen LogP contribution in [0.5, 0.6) is 11.5 Å². The first-order chi connectivity index (χ1) is 13.7. The van der Waals surface area contributed by atoms with Crippen LogP contribution in [0.2, 0.25) is 0 Å². The van der Waals surface area contributed by atoms with Crippen molar-refractivity contribution in [3.05, 3.63) is 23.8 Å². The van der Waals surface area contributed by atoms with Crippen molar-refractivity contribution in [3.8, 4) is 11.5 Å². The van der Waals surface area contributed by atoms with E-state index >= 15 is 0 Å². The lowest BCUT2D eigenvalue weighted by Gasteiger charge is -2.20. The van der Waals surface area contributed by atoms with Crippen LogP contribution in [0.15, 0.2) is 23.2 Å². The predicted molar refractivity (Wildman–Crippen MR) is 129 cm³/mol. The van der Waals surface area contributed by atoms with E-state index in [1.165, 1.54) is 0 Å². The molecule has 168 valence electrons. The number of hydrogen-bond acceptors (Lipinski definition) is 5. The van der Waals surface area contributed by atoms with Gasteiger partial charge in [0.25, 0.3) is 0 Å². The Morgan fingerprint density at radius 2 is 1.76 bits per heavy atom. The third-order valence-corrected chi connectivity index (χ3v) is 3.91.